The number of benzene rings is 3. The monoisotopic (exact) mass is 463 g/mol. The van der Waals surface area contributed by atoms with Crippen molar-refractivity contribution in [2.24, 2.45) is 0 Å². The molecular weight excluding hydrogens is 438 g/mol. The van der Waals surface area contributed by atoms with Crippen molar-refractivity contribution < 1.29 is 14.4 Å². The number of anilines is 1. The van der Waals surface area contributed by atoms with Crippen molar-refractivity contribution in [1.82, 2.24) is 10.2 Å². The molecule has 1 aliphatic rings. The lowest BCUT2D eigenvalue weighted by Crippen LogP contribution is -2.42. The van der Waals surface area contributed by atoms with Crippen LogP contribution in [0.5, 0.6) is 0 Å². The predicted molar refractivity (Wildman–Crippen MR) is 130 cm³/mol. The number of nitrogens with zero attached hydrogens (tertiary/aromatic N) is 1. The average molecular weight is 464 g/mol. The number of rotatable bonds is 6. The molecule has 4 rings (SSSR count). The summed E-state index contributed by atoms with van der Waals surface area (Å²) in [5.41, 5.74) is 1.86. The Balaban J connectivity index is 1.61. The molecule has 1 aliphatic heterocycles. The van der Waals surface area contributed by atoms with E-state index in [0.29, 0.717) is 29.1 Å². The van der Waals surface area contributed by atoms with Crippen LogP contribution in [-0.2, 0) is 28.0 Å². The van der Waals surface area contributed by atoms with E-state index < -0.39 is 23.4 Å². The Morgan fingerprint density at radius 2 is 1.76 bits per heavy atom. The van der Waals surface area contributed by atoms with E-state index in [1.807, 2.05) is 68.4 Å². The SMILES string of the molecule is CCc1ccc(Cl)c(CC)c1NC(=O)CN1C(=O)NC(C)(c2cccc3ccccc23)C1=O. The van der Waals surface area contributed by atoms with Crippen molar-refractivity contribution >= 4 is 45.9 Å². The minimum absolute atomic E-state index is 0.385. The molecule has 1 atom stereocenters. The summed E-state index contributed by atoms with van der Waals surface area (Å²) in [7, 11) is 0. The molecule has 1 unspecified atom stereocenters. The van der Waals surface area contributed by atoms with Gasteiger partial charge in [0, 0.05) is 10.7 Å². The number of hydrogen-bond acceptors (Lipinski definition) is 3. The zero-order chi connectivity index (χ0) is 23.8. The third-order valence-corrected chi connectivity index (χ3v) is 6.60. The average Bonchev–Trinajstić information content (AvgIpc) is 3.02. The number of urea groups is 1. The fourth-order valence-corrected chi connectivity index (χ4v) is 4.77. The van der Waals surface area contributed by atoms with Gasteiger partial charge in [-0.1, -0.05) is 74.0 Å². The second-order valence-electron chi connectivity index (χ2n) is 8.29. The fourth-order valence-electron chi connectivity index (χ4n) is 4.47. The van der Waals surface area contributed by atoms with E-state index in [1.165, 1.54) is 0 Å². The molecule has 1 fully saturated rings. The van der Waals surface area contributed by atoms with Gasteiger partial charge in [0.25, 0.3) is 5.91 Å². The van der Waals surface area contributed by atoms with Crippen LogP contribution in [0.3, 0.4) is 0 Å². The summed E-state index contributed by atoms with van der Waals surface area (Å²) in [5.74, 6) is -0.913. The van der Waals surface area contributed by atoms with Gasteiger partial charge in [-0.2, -0.15) is 0 Å². The molecular formula is C26H26ClN3O3. The van der Waals surface area contributed by atoms with Crippen molar-refractivity contribution in [3.63, 3.8) is 0 Å². The van der Waals surface area contributed by atoms with E-state index in [0.717, 1.165) is 26.8 Å². The van der Waals surface area contributed by atoms with E-state index >= 15 is 0 Å². The van der Waals surface area contributed by atoms with Gasteiger partial charge in [0.1, 0.15) is 12.1 Å². The fraction of sp³-hybridized carbons (Fsp3) is 0.269. The lowest BCUT2D eigenvalue weighted by atomic mass is 9.88. The van der Waals surface area contributed by atoms with E-state index in [2.05, 4.69) is 10.6 Å². The van der Waals surface area contributed by atoms with Gasteiger partial charge in [-0.3, -0.25) is 14.5 Å². The number of amides is 4. The molecule has 6 nitrogen and oxygen atoms in total. The van der Waals surface area contributed by atoms with Gasteiger partial charge in [-0.05, 0) is 53.3 Å². The number of carbonyl (C=O) groups is 3. The quantitative estimate of drug-likeness (QED) is 0.503. The standard InChI is InChI=1S/C26H26ClN3O3/c1-4-16-13-14-21(27)18(5-2)23(16)28-22(31)15-30-24(32)26(3,29-25(30)33)20-12-8-10-17-9-6-7-11-19(17)20/h6-14H,4-5,15H2,1-3H3,(H,28,31)(H,29,33). The van der Waals surface area contributed by atoms with E-state index in [4.69, 9.17) is 11.6 Å². The van der Waals surface area contributed by atoms with Gasteiger partial charge >= 0.3 is 6.03 Å². The molecule has 170 valence electrons. The topological polar surface area (TPSA) is 78.5 Å². The van der Waals surface area contributed by atoms with E-state index in [-0.39, 0.29) is 6.54 Å². The van der Waals surface area contributed by atoms with Crippen molar-refractivity contribution in [2.75, 3.05) is 11.9 Å². The van der Waals surface area contributed by atoms with Crippen molar-refractivity contribution in [1.29, 1.82) is 0 Å². The molecule has 33 heavy (non-hydrogen) atoms. The summed E-state index contributed by atoms with van der Waals surface area (Å²) in [6, 6.07) is 16.4. The second-order valence-corrected chi connectivity index (χ2v) is 8.70. The lowest BCUT2D eigenvalue weighted by Gasteiger charge is -2.24. The van der Waals surface area contributed by atoms with Gasteiger partial charge in [-0.25, -0.2) is 4.79 Å². The zero-order valence-corrected chi connectivity index (χ0v) is 19.6. The van der Waals surface area contributed by atoms with Crippen molar-refractivity contribution in [2.45, 2.75) is 39.2 Å². The molecule has 0 spiro atoms. The number of carbonyl (C=O) groups excluding carboxylic acids is 3. The Morgan fingerprint density at radius 3 is 2.48 bits per heavy atom. The number of imide groups is 1. The van der Waals surface area contributed by atoms with Crippen LogP contribution in [-0.4, -0.2) is 29.3 Å². The first kappa shape index (κ1) is 22.8. The molecule has 0 bridgehead atoms. The first-order valence-corrected chi connectivity index (χ1v) is 11.4. The summed E-state index contributed by atoms with van der Waals surface area (Å²) < 4.78 is 0. The molecule has 0 aliphatic carbocycles. The van der Waals surface area contributed by atoms with Crippen LogP contribution in [0.2, 0.25) is 5.02 Å². The Kier molecular flexibility index (Phi) is 6.13. The number of aryl methyl sites for hydroxylation is 1. The maximum atomic E-state index is 13.4. The molecule has 7 heteroatoms. The molecule has 1 heterocycles. The van der Waals surface area contributed by atoms with Crippen LogP contribution < -0.4 is 10.6 Å². The first-order chi connectivity index (χ1) is 15.8. The summed E-state index contributed by atoms with van der Waals surface area (Å²) >= 11 is 6.33. The van der Waals surface area contributed by atoms with Gasteiger partial charge in [0.15, 0.2) is 0 Å². The highest BCUT2D eigenvalue weighted by Gasteiger charge is 2.50. The van der Waals surface area contributed by atoms with E-state index in [9.17, 15) is 14.4 Å². The summed E-state index contributed by atoms with van der Waals surface area (Å²) in [6.45, 7) is 5.24. The van der Waals surface area contributed by atoms with Crippen LogP contribution in [0.15, 0.2) is 54.6 Å². The highest BCUT2D eigenvalue weighted by Crippen LogP contribution is 2.34. The highest BCUT2D eigenvalue weighted by atomic mass is 35.5. The van der Waals surface area contributed by atoms with Gasteiger partial charge in [0.05, 0.1) is 0 Å². The number of nitrogens with one attached hydrogen (secondary N) is 2. The molecule has 0 saturated carbocycles. The maximum Gasteiger partial charge on any atom is 0.325 e. The van der Waals surface area contributed by atoms with Gasteiger partial charge in [0.2, 0.25) is 5.91 Å². The Labute approximate surface area is 197 Å². The summed E-state index contributed by atoms with van der Waals surface area (Å²) in [4.78, 5) is 40.1. The Hall–Kier alpha value is -3.38. The minimum Gasteiger partial charge on any atom is -0.324 e. The lowest BCUT2D eigenvalue weighted by molar-refractivity contribution is -0.133. The van der Waals surface area contributed by atoms with Crippen molar-refractivity contribution in [3.05, 3.63) is 76.3 Å². The molecule has 3 aromatic carbocycles. The van der Waals surface area contributed by atoms with E-state index in [1.54, 1.807) is 6.92 Å². The van der Waals surface area contributed by atoms with Crippen LogP contribution in [0.4, 0.5) is 10.5 Å². The van der Waals surface area contributed by atoms with Crippen molar-refractivity contribution in [3.8, 4) is 0 Å². The normalized spacial score (nSPS) is 18.0. The van der Waals surface area contributed by atoms with Gasteiger partial charge in [-0.15, -0.1) is 0 Å². The zero-order valence-electron chi connectivity index (χ0n) is 18.9. The molecule has 0 aromatic heterocycles. The minimum atomic E-state index is -1.27. The van der Waals surface area contributed by atoms with Crippen LogP contribution in [0.1, 0.15) is 37.5 Å². The first-order valence-electron chi connectivity index (χ1n) is 11.0. The van der Waals surface area contributed by atoms with Crippen LogP contribution in [0, 0.1) is 0 Å². The maximum absolute atomic E-state index is 13.4. The van der Waals surface area contributed by atoms with Crippen LogP contribution in [0.25, 0.3) is 10.8 Å². The molecule has 2 N–H and O–H groups in total. The molecule has 1 saturated heterocycles. The smallest absolute Gasteiger partial charge is 0.324 e. The molecule has 3 aromatic rings. The van der Waals surface area contributed by atoms with Crippen LogP contribution >= 0.6 is 11.6 Å². The predicted octanol–water partition coefficient (Wildman–Crippen LogP) is 5.02. The third kappa shape index (κ3) is 3.95. The Morgan fingerprint density at radius 1 is 1.03 bits per heavy atom. The molecule has 0 radical (unpaired) electrons. The number of fused-ring (bicyclic) bond motifs is 1. The van der Waals surface area contributed by atoms with Gasteiger partial charge < -0.3 is 10.6 Å². The molecule has 4 amide bonds. The number of halogens is 1. The summed E-state index contributed by atoms with van der Waals surface area (Å²) in [5, 5.41) is 8.10. The third-order valence-electron chi connectivity index (χ3n) is 6.25. The largest absolute Gasteiger partial charge is 0.325 e. The summed E-state index contributed by atoms with van der Waals surface area (Å²) in [6.07, 6.45) is 1.35. The Bertz CT molecular complexity index is 1270. The number of hydrogen-bond donors (Lipinski definition) is 2. The highest BCUT2D eigenvalue weighted by molar-refractivity contribution is 6.32. The second kappa shape index (κ2) is 8.87.